The van der Waals surface area contributed by atoms with E-state index in [-0.39, 0.29) is 11.4 Å². The summed E-state index contributed by atoms with van der Waals surface area (Å²) in [7, 11) is 0. The quantitative estimate of drug-likeness (QED) is 0.910. The summed E-state index contributed by atoms with van der Waals surface area (Å²) in [6.07, 6.45) is 1.51. The predicted octanol–water partition coefficient (Wildman–Crippen LogP) is 4.26. The number of hydrogen-bond acceptors (Lipinski definition) is 3. The number of ether oxygens (including phenoxy) is 1. The number of aryl methyl sites for hydroxylation is 2. The normalized spacial score (nSPS) is 10.4. The third-order valence-corrected chi connectivity index (χ3v) is 3.45. The number of benzene rings is 1. The molecule has 0 saturated carbocycles. The Balaban J connectivity index is 2.48. The number of carbonyl (C=O) groups is 1. The van der Waals surface area contributed by atoms with Crippen molar-refractivity contribution in [3.63, 3.8) is 0 Å². The van der Waals surface area contributed by atoms with Gasteiger partial charge in [-0.2, -0.15) is 0 Å². The van der Waals surface area contributed by atoms with Crippen molar-refractivity contribution >= 4 is 21.9 Å². The van der Waals surface area contributed by atoms with Crippen LogP contribution in [0.25, 0.3) is 0 Å². The summed E-state index contributed by atoms with van der Waals surface area (Å²) < 4.78 is 6.30. The van der Waals surface area contributed by atoms with Crippen LogP contribution in [-0.2, 0) is 0 Å². The lowest BCUT2D eigenvalue weighted by Gasteiger charge is -2.12. The Kier molecular flexibility index (Phi) is 4.09. The van der Waals surface area contributed by atoms with E-state index >= 15 is 0 Å². The molecule has 0 saturated heterocycles. The second-order valence-corrected chi connectivity index (χ2v) is 5.53. The zero-order valence-electron chi connectivity index (χ0n) is 11.4. The minimum absolute atomic E-state index is 0.0259. The van der Waals surface area contributed by atoms with Gasteiger partial charge < -0.3 is 9.84 Å². The van der Waals surface area contributed by atoms with Crippen LogP contribution in [-0.4, -0.2) is 16.1 Å². The van der Waals surface area contributed by atoms with Crippen LogP contribution < -0.4 is 4.74 Å². The van der Waals surface area contributed by atoms with Crippen molar-refractivity contribution in [1.82, 2.24) is 4.98 Å². The van der Waals surface area contributed by atoms with Crippen LogP contribution in [0.4, 0.5) is 0 Å². The Morgan fingerprint density at radius 1 is 1.25 bits per heavy atom. The molecule has 0 aliphatic carbocycles. The maximum atomic E-state index is 11.2. The molecule has 0 spiro atoms. The van der Waals surface area contributed by atoms with Crippen molar-refractivity contribution < 1.29 is 14.6 Å². The van der Waals surface area contributed by atoms with Crippen LogP contribution in [0.3, 0.4) is 0 Å². The molecule has 0 atom stereocenters. The summed E-state index contributed by atoms with van der Waals surface area (Å²) in [5.74, 6) is -0.357. The van der Waals surface area contributed by atoms with Gasteiger partial charge in [-0.1, -0.05) is 6.07 Å². The van der Waals surface area contributed by atoms with E-state index in [1.165, 1.54) is 12.3 Å². The number of nitrogens with zero attached hydrogens (tertiary/aromatic N) is 1. The number of carboxylic acids is 1. The third-order valence-electron chi connectivity index (χ3n) is 3.02. The van der Waals surface area contributed by atoms with Crippen molar-refractivity contribution in [3.05, 3.63) is 51.1 Å². The Morgan fingerprint density at radius 2 is 1.95 bits per heavy atom. The van der Waals surface area contributed by atoms with E-state index in [9.17, 15) is 9.90 Å². The molecule has 104 valence electrons. The molecule has 1 aromatic heterocycles. The van der Waals surface area contributed by atoms with E-state index < -0.39 is 5.97 Å². The van der Waals surface area contributed by atoms with Gasteiger partial charge in [-0.05, 0) is 65.5 Å². The maximum absolute atomic E-state index is 11.2. The second-order valence-electron chi connectivity index (χ2n) is 4.62. The molecule has 1 N–H and O–H groups in total. The SMILES string of the molecule is Cc1cc(C)c(C)c(Oc2ncc(Br)cc2C(=O)O)c1. The molecule has 5 heteroatoms. The van der Waals surface area contributed by atoms with Gasteiger partial charge in [-0.3, -0.25) is 0 Å². The number of pyridine rings is 1. The molecule has 0 bridgehead atoms. The van der Waals surface area contributed by atoms with Crippen molar-refractivity contribution in [2.75, 3.05) is 0 Å². The molecular formula is C15H14BrNO3. The summed E-state index contributed by atoms with van der Waals surface area (Å²) in [4.78, 5) is 15.3. The first kappa shape index (κ1) is 14.5. The van der Waals surface area contributed by atoms with Crippen LogP contribution in [0.15, 0.2) is 28.9 Å². The molecule has 0 unspecified atom stereocenters. The highest BCUT2D eigenvalue weighted by atomic mass is 79.9. The van der Waals surface area contributed by atoms with Crippen molar-refractivity contribution in [3.8, 4) is 11.6 Å². The van der Waals surface area contributed by atoms with E-state index in [0.717, 1.165) is 16.7 Å². The largest absolute Gasteiger partial charge is 0.477 e. The lowest BCUT2D eigenvalue weighted by molar-refractivity contribution is 0.0693. The zero-order chi connectivity index (χ0) is 14.9. The first-order chi connectivity index (χ1) is 9.38. The van der Waals surface area contributed by atoms with Crippen molar-refractivity contribution in [2.45, 2.75) is 20.8 Å². The minimum Gasteiger partial charge on any atom is -0.477 e. The van der Waals surface area contributed by atoms with Crippen LogP contribution in [0.2, 0.25) is 0 Å². The van der Waals surface area contributed by atoms with E-state index in [0.29, 0.717) is 10.2 Å². The van der Waals surface area contributed by atoms with Gasteiger partial charge in [0.2, 0.25) is 5.88 Å². The molecule has 1 heterocycles. The van der Waals surface area contributed by atoms with Crippen LogP contribution in [0.1, 0.15) is 27.0 Å². The van der Waals surface area contributed by atoms with Gasteiger partial charge in [0.15, 0.2) is 0 Å². The highest BCUT2D eigenvalue weighted by Crippen LogP contribution is 2.30. The molecule has 0 aliphatic rings. The van der Waals surface area contributed by atoms with Gasteiger partial charge in [0.25, 0.3) is 0 Å². The second kappa shape index (κ2) is 5.63. The average molecular weight is 336 g/mol. The molecule has 20 heavy (non-hydrogen) atoms. The van der Waals surface area contributed by atoms with Crippen LogP contribution in [0, 0.1) is 20.8 Å². The highest BCUT2D eigenvalue weighted by Gasteiger charge is 2.15. The number of rotatable bonds is 3. The molecule has 4 nitrogen and oxygen atoms in total. The summed E-state index contributed by atoms with van der Waals surface area (Å²) in [6, 6.07) is 5.40. The molecule has 0 aliphatic heterocycles. The average Bonchev–Trinajstić information content (AvgIpc) is 2.37. The van der Waals surface area contributed by atoms with Gasteiger partial charge in [-0.15, -0.1) is 0 Å². The van der Waals surface area contributed by atoms with Gasteiger partial charge in [0.1, 0.15) is 11.3 Å². The highest BCUT2D eigenvalue weighted by molar-refractivity contribution is 9.10. The molecule has 2 rings (SSSR count). The van der Waals surface area contributed by atoms with E-state index in [4.69, 9.17) is 4.74 Å². The zero-order valence-corrected chi connectivity index (χ0v) is 13.0. The molecule has 2 aromatic rings. The molecule has 1 aromatic carbocycles. The number of hydrogen-bond donors (Lipinski definition) is 1. The van der Waals surface area contributed by atoms with Crippen LogP contribution >= 0.6 is 15.9 Å². The lowest BCUT2D eigenvalue weighted by atomic mass is 10.1. The Bertz CT molecular complexity index is 683. The summed E-state index contributed by atoms with van der Waals surface area (Å²) >= 11 is 3.21. The first-order valence-corrected chi connectivity index (χ1v) is 6.82. The topological polar surface area (TPSA) is 59.4 Å². The van der Waals surface area contributed by atoms with E-state index in [1.54, 1.807) is 0 Å². The van der Waals surface area contributed by atoms with E-state index in [2.05, 4.69) is 27.0 Å². The fourth-order valence-corrected chi connectivity index (χ4v) is 2.20. The summed E-state index contributed by atoms with van der Waals surface area (Å²) in [5, 5.41) is 9.21. The standard InChI is InChI=1S/C15H14BrNO3/c1-8-4-9(2)10(3)13(5-8)20-14-12(15(18)19)6-11(16)7-17-14/h4-7H,1-3H3,(H,18,19). The van der Waals surface area contributed by atoms with Crippen LogP contribution in [0.5, 0.6) is 11.6 Å². The van der Waals surface area contributed by atoms with Crippen molar-refractivity contribution in [1.29, 1.82) is 0 Å². The third kappa shape index (κ3) is 2.99. The molecular weight excluding hydrogens is 322 g/mol. The first-order valence-electron chi connectivity index (χ1n) is 6.03. The maximum Gasteiger partial charge on any atom is 0.341 e. The summed E-state index contributed by atoms with van der Waals surface area (Å²) in [5.41, 5.74) is 3.14. The summed E-state index contributed by atoms with van der Waals surface area (Å²) in [6.45, 7) is 5.89. The number of carboxylic acid groups (broad SMARTS) is 1. The fourth-order valence-electron chi connectivity index (χ4n) is 1.87. The number of aromatic carboxylic acids is 1. The van der Waals surface area contributed by atoms with Gasteiger partial charge in [0.05, 0.1) is 0 Å². The molecule has 0 fully saturated rings. The van der Waals surface area contributed by atoms with Gasteiger partial charge in [-0.25, -0.2) is 9.78 Å². The smallest absolute Gasteiger partial charge is 0.341 e. The Hall–Kier alpha value is -1.88. The fraction of sp³-hybridized carbons (Fsp3) is 0.200. The Morgan fingerprint density at radius 3 is 2.60 bits per heavy atom. The lowest BCUT2D eigenvalue weighted by Crippen LogP contribution is -2.03. The van der Waals surface area contributed by atoms with Gasteiger partial charge in [0, 0.05) is 10.7 Å². The van der Waals surface area contributed by atoms with Gasteiger partial charge >= 0.3 is 5.97 Å². The molecule has 0 amide bonds. The van der Waals surface area contributed by atoms with Crippen molar-refractivity contribution in [2.24, 2.45) is 0 Å². The molecule has 0 radical (unpaired) electrons. The predicted molar refractivity (Wildman–Crippen MR) is 79.6 cm³/mol. The monoisotopic (exact) mass is 335 g/mol. The Labute approximate surface area is 125 Å². The number of aromatic nitrogens is 1. The minimum atomic E-state index is -1.07. The number of halogens is 1. The van der Waals surface area contributed by atoms with E-state index in [1.807, 2.05) is 26.8 Å².